The van der Waals surface area contributed by atoms with E-state index in [1.807, 2.05) is 13.8 Å². The molecule has 0 fully saturated rings. The van der Waals surface area contributed by atoms with E-state index in [0.717, 1.165) is 12.7 Å². The minimum absolute atomic E-state index is 0.496. The molecule has 15 heavy (non-hydrogen) atoms. The first kappa shape index (κ1) is 13.1. The van der Waals surface area contributed by atoms with Gasteiger partial charge in [0.05, 0.1) is 12.7 Å². The molecule has 5 heteroatoms. The second-order valence-electron chi connectivity index (χ2n) is 2.56. The van der Waals surface area contributed by atoms with E-state index >= 15 is 0 Å². The van der Waals surface area contributed by atoms with Gasteiger partial charge in [-0.05, 0) is 13.8 Å². The Hall–Kier alpha value is -1.91. The van der Waals surface area contributed by atoms with Gasteiger partial charge < -0.3 is 0 Å². The van der Waals surface area contributed by atoms with Crippen LogP contribution in [-0.4, -0.2) is 35.5 Å². The van der Waals surface area contributed by atoms with Gasteiger partial charge in [0.25, 0.3) is 0 Å². The normalized spacial score (nSPS) is 10.3. The highest BCUT2D eigenvalue weighted by molar-refractivity contribution is 5.97. The third-order valence-corrected chi connectivity index (χ3v) is 1.56. The van der Waals surface area contributed by atoms with Crippen LogP contribution < -0.4 is 0 Å². The number of guanidine groups is 1. The molecule has 0 bridgehead atoms. The number of aliphatic imine (C=N–C) groups is 1. The molecule has 0 saturated carbocycles. The molecule has 82 valence electrons. The molecule has 0 aliphatic rings. The molecule has 0 rings (SSSR count). The second kappa shape index (κ2) is 7.49. The van der Waals surface area contributed by atoms with Crippen LogP contribution in [0.3, 0.4) is 0 Å². The van der Waals surface area contributed by atoms with Crippen LogP contribution in [0.1, 0.15) is 13.8 Å². The highest BCUT2D eigenvalue weighted by Crippen LogP contribution is 1.97. The molecule has 0 atom stereocenters. The van der Waals surface area contributed by atoms with Gasteiger partial charge in [-0.1, -0.05) is 12.2 Å². The highest BCUT2D eigenvalue weighted by Gasteiger charge is 2.10. The lowest BCUT2D eigenvalue weighted by Crippen LogP contribution is -2.37. The van der Waals surface area contributed by atoms with Crippen LogP contribution in [0.25, 0.3) is 0 Å². The molecular weight excluding hydrogens is 190 g/mol. The van der Waals surface area contributed by atoms with Crippen molar-refractivity contribution in [1.82, 2.24) is 9.80 Å². The SMILES string of the molecule is C/C=C\N(C=N)C(=NC)N(C=N)/C=C\C. The summed E-state index contributed by atoms with van der Waals surface area (Å²) in [6.07, 6.45) is 9.29. The maximum absolute atomic E-state index is 7.24. The lowest BCUT2D eigenvalue weighted by Gasteiger charge is -2.22. The maximum Gasteiger partial charge on any atom is 0.215 e. The number of rotatable bonds is 4. The molecule has 0 saturated heterocycles. The summed E-state index contributed by atoms with van der Waals surface area (Å²) < 4.78 is 0. The van der Waals surface area contributed by atoms with Crippen molar-refractivity contribution in [1.29, 1.82) is 10.8 Å². The van der Waals surface area contributed by atoms with E-state index in [0.29, 0.717) is 5.96 Å². The fraction of sp³-hybridized carbons (Fsp3) is 0.300. The summed E-state index contributed by atoms with van der Waals surface area (Å²) in [7, 11) is 1.62. The van der Waals surface area contributed by atoms with Crippen molar-refractivity contribution in [3.05, 3.63) is 24.6 Å². The Bertz CT molecular complexity index is 264. The van der Waals surface area contributed by atoms with E-state index in [-0.39, 0.29) is 0 Å². The minimum atomic E-state index is 0.496. The minimum Gasteiger partial charge on any atom is -0.291 e. The average Bonchev–Trinajstić information content (AvgIpc) is 2.27. The fourth-order valence-corrected chi connectivity index (χ4v) is 1.02. The number of nitrogens with one attached hydrogen (secondary N) is 2. The van der Waals surface area contributed by atoms with E-state index in [1.165, 1.54) is 9.80 Å². The molecule has 2 N–H and O–H groups in total. The number of hydrogen-bond donors (Lipinski definition) is 2. The van der Waals surface area contributed by atoms with Gasteiger partial charge >= 0.3 is 0 Å². The largest absolute Gasteiger partial charge is 0.291 e. The summed E-state index contributed by atoms with van der Waals surface area (Å²) >= 11 is 0. The highest BCUT2D eigenvalue weighted by atomic mass is 15.4. The van der Waals surface area contributed by atoms with Gasteiger partial charge in [-0.15, -0.1) is 0 Å². The number of hydrogen-bond acceptors (Lipinski definition) is 3. The summed E-state index contributed by atoms with van der Waals surface area (Å²) in [5.74, 6) is 0.496. The van der Waals surface area contributed by atoms with E-state index in [9.17, 15) is 0 Å². The average molecular weight is 207 g/mol. The molecule has 0 spiro atoms. The molecular formula is C10H17N5. The zero-order chi connectivity index (χ0) is 11.7. The number of allylic oxidation sites excluding steroid dienone is 2. The quantitative estimate of drug-likeness (QED) is 0.545. The molecule has 0 aliphatic heterocycles. The Balaban J connectivity index is 5.02. The van der Waals surface area contributed by atoms with Crippen molar-refractivity contribution >= 4 is 18.6 Å². The van der Waals surface area contributed by atoms with Crippen molar-refractivity contribution in [2.45, 2.75) is 13.8 Å². The predicted octanol–water partition coefficient (Wildman–Crippen LogP) is 1.86. The molecule has 0 unspecified atom stereocenters. The standard InChI is InChI=1S/C10H17N5/c1-4-6-14(8-11)10(13-3)15(9-12)7-5-2/h4-9,11-12H,1-3H3/b6-4-,7-5-,11-8?,12-9?,13-10?. The van der Waals surface area contributed by atoms with Gasteiger partial charge in [0.2, 0.25) is 5.96 Å². The van der Waals surface area contributed by atoms with Gasteiger partial charge in [-0.2, -0.15) is 0 Å². The van der Waals surface area contributed by atoms with Crippen LogP contribution in [-0.2, 0) is 0 Å². The van der Waals surface area contributed by atoms with Crippen LogP contribution in [0.5, 0.6) is 0 Å². The Labute approximate surface area is 90.4 Å². The van der Waals surface area contributed by atoms with Gasteiger partial charge in [0.15, 0.2) is 0 Å². The predicted molar refractivity (Wildman–Crippen MR) is 64.2 cm³/mol. The molecule has 0 radical (unpaired) electrons. The molecule has 0 aromatic heterocycles. The van der Waals surface area contributed by atoms with Crippen LogP contribution in [0.2, 0.25) is 0 Å². The molecule has 0 aromatic carbocycles. The van der Waals surface area contributed by atoms with Crippen molar-refractivity contribution < 1.29 is 0 Å². The lowest BCUT2D eigenvalue weighted by atomic mass is 10.5. The second-order valence-corrected chi connectivity index (χ2v) is 2.56. The Morgan fingerprint density at radius 1 is 1.00 bits per heavy atom. The van der Waals surface area contributed by atoms with Crippen molar-refractivity contribution in [2.75, 3.05) is 7.05 Å². The van der Waals surface area contributed by atoms with Crippen LogP contribution >= 0.6 is 0 Å². The van der Waals surface area contributed by atoms with Gasteiger partial charge in [0, 0.05) is 19.4 Å². The van der Waals surface area contributed by atoms with Crippen molar-refractivity contribution in [2.24, 2.45) is 4.99 Å². The smallest absolute Gasteiger partial charge is 0.215 e. The first-order valence-corrected chi connectivity index (χ1v) is 4.55. The fourth-order valence-electron chi connectivity index (χ4n) is 1.02. The third kappa shape index (κ3) is 3.76. The summed E-state index contributed by atoms with van der Waals surface area (Å²) in [5, 5.41) is 14.5. The summed E-state index contributed by atoms with van der Waals surface area (Å²) in [4.78, 5) is 7.07. The van der Waals surface area contributed by atoms with Gasteiger partial charge in [-0.25, -0.2) is 0 Å². The summed E-state index contributed by atoms with van der Waals surface area (Å²) in [6.45, 7) is 3.71. The van der Waals surface area contributed by atoms with Crippen molar-refractivity contribution in [3.63, 3.8) is 0 Å². The van der Waals surface area contributed by atoms with Gasteiger partial charge in [-0.3, -0.25) is 25.6 Å². The van der Waals surface area contributed by atoms with Crippen LogP contribution in [0, 0.1) is 10.8 Å². The molecule has 0 aliphatic carbocycles. The Morgan fingerprint density at radius 3 is 1.60 bits per heavy atom. The van der Waals surface area contributed by atoms with E-state index in [1.54, 1.807) is 31.6 Å². The van der Waals surface area contributed by atoms with E-state index in [4.69, 9.17) is 10.8 Å². The zero-order valence-corrected chi connectivity index (χ0v) is 9.31. The molecule has 0 amide bonds. The molecule has 5 nitrogen and oxygen atoms in total. The van der Waals surface area contributed by atoms with E-state index in [2.05, 4.69) is 4.99 Å². The summed E-state index contributed by atoms with van der Waals surface area (Å²) in [6, 6.07) is 0. The van der Waals surface area contributed by atoms with Crippen LogP contribution in [0.15, 0.2) is 29.5 Å². The summed E-state index contributed by atoms with van der Waals surface area (Å²) in [5.41, 5.74) is 0. The Morgan fingerprint density at radius 2 is 1.40 bits per heavy atom. The van der Waals surface area contributed by atoms with E-state index < -0.39 is 0 Å². The molecule has 0 aromatic rings. The first-order valence-electron chi connectivity index (χ1n) is 4.55. The molecule has 0 heterocycles. The first-order chi connectivity index (χ1) is 7.24. The topological polar surface area (TPSA) is 66.5 Å². The van der Waals surface area contributed by atoms with Gasteiger partial charge in [0.1, 0.15) is 0 Å². The Kier molecular flexibility index (Phi) is 6.54. The third-order valence-electron chi connectivity index (χ3n) is 1.56. The number of nitrogens with zero attached hydrogens (tertiary/aromatic N) is 3. The van der Waals surface area contributed by atoms with Crippen LogP contribution in [0.4, 0.5) is 0 Å². The monoisotopic (exact) mass is 207 g/mol. The van der Waals surface area contributed by atoms with Crippen molar-refractivity contribution in [3.8, 4) is 0 Å². The maximum atomic E-state index is 7.24. The zero-order valence-electron chi connectivity index (χ0n) is 9.31. The lowest BCUT2D eigenvalue weighted by molar-refractivity contribution is 0.687.